The molecule has 1 unspecified atom stereocenters. The molecule has 0 aliphatic heterocycles. The van der Waals surface area contributed by atoms with Crippen LogP contribution in [-0.4, -0.2) is 50.3 Å². The van der Waals surface area contributed by atoms with Gasteiger partial charge in [-0.05, 0) is 75.6 Å². The van der Waals surface area contributed by atoms with E-state index in [4.69, 9.17) is 0 Å². The van der Waals surface area contributed by atoms with E-state index in [-0.39, 0.29) is 23.4 Å². The predicted octanol–water partition coefficient (Wildman–Crippen LogP) is 5.33. The average molecular weight is 615 g/mol. The number of amides is 2. The Bertz CT molecular complexity index is 1350. The van der Waals surface area contributed by atoms with Crippen molar-refractivity contribution < 1.29 is 18.0 Å². The summed E-state index contributed by atoms with van der Waals surface area (Å²) in [4.78, 5) is 28.7. The van der Waals surface area contributed by atoms with Gasteiger partial charge in [0, 0.05) is 17.1 Å². The zero-order chi connectivity index (χ0) is 28.6. The minimum Gasteiger partial charge on any atom is -0.352 e. The second-order valence-electron chi connectivity index (χ2n) is 9.71. The van der Waals surface area contributed by atoms with Gasteiger partial charge in [-0.3, -0.25) is 13.9 Å². The van der Waals surface area contributed by atoms with Crippen LogP contribution < -0.4 is 9.62 Å². The Kier molecular flexibility index (Phi) is 10.7. The molecule has 0 aliphatic carbocycles. The van der Waals surface area contributed by atoms with E-state index < -0.39 is 28.5 Å². The summed E-state index contributed by atoms with van der Waals surface area (Å²) < 4.78 is 29.6. The minimum atomic E-state index is -4.08. The monoisotopic (exact) mass is 613 g/mol. The Morgan fingerprint density at radius 3 is 2.10 bits per heavy atom. The number of anilines is 1. The smallest absolute Gasteiger partial charge is 0.264 e. The molecule has 0 saturated heterocycles. The fourth-order valence-electron chi connectivity index (χ4n) is 4.25. The molecule has 0 aromatic heterocycles. The van der Waals surface area contributed by atoms with Crippen molar-refractivity contribution in [1.29, 1.82) is 0 Å². The van der Waals surface area contributed by atoms with E-state index in [0.717, 1.165) is 19.9 Å². The molecule has 1 N–H and O–H groups in total. The van der Waals surface area contributed by atoms with Crippen molar-refractivity contribution in [3.8, 4) is 0 Å². The lowest BCUT2D eigenvalue weighted by molar-refractivity contribution is -0.139. The maximum Gasteiger partial charge on any atom is 0.264 e. The lowest BCUT2D eigenvalue weighted by Gasteiger charge is -2.33. The number of benzene rings is 3. The zero-order valence-electron chi connectivity index (χ0n) is 22.8. The maximum absolute atomic E-state index is 14.0. The van der Waals surface area contributed by atoms with Crippen LogP contribution in [0.1, 0.15) is 38.3 Å². The summed E-state index contributed by atoms with van der Waals surface area (Å²) in [7, 11) is -4.08. The first-order chi connectivity index (χ1) is 18.5. The largest absolute Gasteiger partial charge is 0.352 e. The Morgan fingerprint density at radius 2 is 1.54 bits per heavy atom. The molecule has 1 atom stereocenters. The third-order valence-corrected chi connectivity index (χ3v) is 8.62. The number of halogens is 1. The second-order valence-corrected chi connectivity index (χ2v) is 12.5. The van der Waals surface area contributed by atoms with Crippen molar-refractivity contribution in [2.75, 3.05) is 17.4 Å². The van der Waals surface area contributed by atoms with Crippen LogP contribution in [0.4, 0.5) is 5.69 Å². The van der Waals surface area contributed by atoms with Gasteiger partial charge in [-0.2, -0.15) is 0 Å². The van der Waals surface area contributed by atoms with Crippen LogP contribution in [0.15, 0.2) is 88.2 Å². The summed E-state index contributed by atoms with van der Waals surface area (Å²) in [6.07, 6.45) is 0.920. The number of carbonyl (C=O) groups is 2. The lowest BCUT2D eigenvalue weighted by atomic mass is 10.1. The molecule has 0 radical (unpaired) electrons. The summed E-state index contributed by atoms with van der Waals surface area (Å²) in [5.41, 5.74) is 2.30. The Morgan fingerprint density at radius 1 is 0.923 bits per heavy atom. The fraction of sp³-hybridized carbons (Fsp3) is 0.333. The first-order valence-electron chi connectivity index (χ1n) is 13.0. The van der Waals surface area contributed by atoms with E-state index in [0.29, 0.717) is 18.5 Å². The number of nitrogens with zero attached hydrogens (tertiary/aromatic N) is 2. The van der Waals surface area contributed by atoms with E-state index in [2.05, 4.69) is 21.2 Å². The Balaban J connectivity index is 2.00. The molecule has 0 heterocycles. The number of carbonyl (C=O) groups excluding carboxylic acids is 2. The van der Waals surface area contributed by atoms with Crippen molar-refractivity contribution in [1.82, 2.24) is 10.2 Å². The van der Waals surface area contributed by atoms with Crippen LogP contribution in [0.3, 0.4) is 0 Å². The molecule has 208 valence electrons. The zero-order valence-corrected chi connectivity index (χ0v) is 25.2. The molecule has 0 bridgehead atoms. The molecule has 3 aromatic rings. The van der Waals surface area contributed by atoms with E-state index >= 15 is 0 Å². The summed E-state index contributed by atoms with van der Waals surface area (Å²) in [6.45, 7) is 7.28. The number of nitrogens with one attached hydrogen (secondary N) is 1. The van der Waals surface area contributed by atoms with Crippen LogP contribution >= 0.6 is 15.9 Å². The third-order valence-electron chi connectivity index (χ3n) is 6.30. The highest BCUT2D eigenvalue weighted by Gasteiger charge is 2.33. The highest BCUT2D eigenvalue weighted by atomic mass is 79.9. The van der Waals surface area contributed by atoms with Gasteiger partial charge in [0.2, 0.25) is 11.8 Å². The van der Waals surface area contributed by atoms with Gasteiger partial charge in [-0.25, -0.2) is 8.42 Å². The van der Waals surface area contributed by atoms with E-state index in [9.17, 15) is 18.0 Å². The lowest BCUT2D eigenvalue weighted by Crippen LogP contribution is -2.54. The summed E-state index contributed by atoms with van der Waals surface area (Å²) in [5.74, 6) is -0.708. The highest BCUT2D eigenvalue weighted by molar-refractivity contribution is 9.10. The van der Waals surface area contributed by atoms with Gasteiger partial charge in [0.05, 0.1) is 10.6 Å². The van der Waals surface area contributed by atoms with Gasteiger partial charge in [-0.1, -0.05) is 70.9 Å². The van der Waals surface area contributed by atoms with Gasteiger partial charge in [-0.15, -0.1) is 0 Å². The van der Waals surface area contributed by atoms with Gasteiger partial charge in [0.25, 0.3) is 10.0 Å². The SMILES string of the molecule is CCC(C(=O)NC(C)C)N(CCc1ccccc1)C(=O)CN(c1ccc(Br)cc1)S(=O)(=O)c1ccc(C)cc1. The first-order valence-corrected chi connectivity index (χ1v) is 15.2. The second kappa shape index (κ2) is 13.8. The Labute approximate surface area is 240 Å². The highest BCUT2D eigenvalue weighted by Crippen LogP contribution is 2.26. The molecule has 3 aromatic carbocycles. The first kappa shape index (κ1) is 30.4. The third kappa shape index (κ3) is 8.16. The molecule has 2 amide bonds. The predicted molar refractivity (Wildman–Crippen MR) is 159 cm³/mol. The van der Waals surface area contributed by atoms with Crippen LogP contribution in [0, 0.1) is 6.92 Å². The van der Waals surface area contributed by atoms with Crippen LogP contribution in [0.25, 0.3) is 0 Å². The molecule has 0 fully saturated rings. The number of sulfonamides is 1. The van der Waals surface area contributed by atoms with Crippen molar-refractivity contribution >= 4 is 43.5 Å². The number of rotatable bonds is 12. The summed E-state index contributed by atoms with van der Waals surface area (Å²) >= 11 is 3.39. The summed E-state index contributed by atoms with van der Waals surface area (Å²) in [5, 5.41) is 2.91. The maximum atomic E-state index is 14.0. The van der Waals surface area contributed by atoms with E-state index in [1.165, 1.54) is 4.90 Å². The number of hydrogen-bond acceptors (Lipinski definition) is 4. The van der Waals surface area contributed by atoms with E-state index in [1.54, 1.807) is 48.5 Å². The molecule has 7 nitrogen and oxygen atoms in total. The van der Waals surface area contributed by atoms with Gasteiger partial charge in [0.1, 0.15) is 12.6 Å². The minimum absolute atomic E-state index is 0.0873. The molecule has 3 rings (SSSR count). The molecular weight excluding hydrogens is 578 g/mol. The quantitative estimate of drug-likeness (QED) is 0.299. The fourth-order valence-corrected chi connectivity index (χ4v) is 5.93. The summed E-state index contributed by atoms with van der Waals surface area (Å²) in [6, 6.07) is 22.2. The van der Waals surface area contributed by atoms with Crippen molar-refractivity contribution in [3.05, 3.63) is 94.5 Å². The average Bonchev–Trinajstić information content (AvgIpc) is 2.90. The normalized spacial score (nSPS) is 12.2. The molecule has 9 heteroatoms. The van der Waals surface area contributed by atoms with Crippen molar-refractivity contribution in [2.45, 2.75) is 57.5 Å². The number of hydrogen-bond donors (Lipinski definition) is 1. The van der Waals surface area contributed by atoms with Crippen molar-refractivity contribution in [2.24, 2.45) is 0 Å². The van der Waals surface area contributed by atoms with Crippen LogP contribution in [0.5, 0.6) is 0 Å². The van der Waals surface area contributed by atoms with Crippen molar-refractivity contribution in [3.63, 3.8) is 0 Å². The van der Waals surface area contributed by atoms with E-state index in [1.807, 2.05) is 58.0 Å². The van der Waals surface area contributed by atoms with Gasteiger partial charge in [0.15, 0.2) is 0 Å². The molecular formula is C30H36BrN3O4S. The molecule has 0 aliphatic rings. The van der Waals surface area contributed by atoms with Gasteiger partial charge >= 0.3 is 0 Å². The Hall–Kier alpha value is -3.17. The number of aryl methyl sites for hydroxylation is 1. The standard InChI is InChI=1S/C30H36BrN3O4S/c1-5-28(30(36)32-22(2)3)33(20-19-24-9-7-6-8-10-24)29(35)21-34(26-15-13-25(31)14-16-26)39(37,38)27-17-11-23(4)12-18-27/h6-18,22,28H,5,19-21H2,1-4H3,(H,32,36). The van der Waals surface area contributed by atoms with Gasteiger partial charge < -0.3 is 10.2 Å². The molecule has 0 spiro atoms. The van der Waals surface area contributed by atoms with Crippen LogP contribution in [-0.2, 0) is 26.0 Å². The molecule has 0 saturated carbocycles. The van der Waals surface area contributed by atoms with Crippen LogP contribution in [0.2, 0.25) is 0 Å². The topological polar surface area (TPSA) is 86.8 Å². The molecule has 39 heavy (non-hydrogen) atoms.